The van der Waals surface area contributed by atoms with Gasteiger partial charge in [-0.25, -0.2) is 4.79 Å². The lowest BCUT2D eigenvalue weighted by Gasteiger charge is -2.22. The van der Waals surface area contributed by atoms with Crippen molar-refractivity contribution in [2.45, 2.75) is 63.5 Å². The summed E-state index contributed by atoms with van der Waals surface area (Å²) < 4.78 is 5.28. The van der Waals surface area contributed by atoms with Crippen molar-refractivity contribution in [1.82, 2.24) is 15.5 Å². The molecule has 0 radical (unpaired) electrons. The van der Waals surface area contributed by atoms with Gasteiger partial charge in [0.15, 0.2) is 5.54 Å². The first-order valence-corrected chi connectivity index (χ1v) is 8.98. The molecule has 2 N–H and O–H groups in total. The van der Waals surface area contributed by atoms with Crippen molar-refractivity contribution in [2.75, 3.05) is 6.54 Å². The van der Waals surface area contributed by atoms with E-state index in [4.69, 9.17) is 4.42 Å². The monoisotopic (exact) mass is 347 g/mol. The van der Waals surface area contributed by atoms with Crippen LogP contribution in [0.25, 0.3) is 0 Å². The van der Waals surface area contributed by atoms with Crippen LogP contribution in [0.1, 0.15) is 57.6 Å². The van der Waals surface area contributed by atoms with Crippen LogP contribution in [0, 0.1) is 0 Å². The van der Waals surface area contributed by atoms with Gasteiger partial charge in [0.05, 0.1) is 6.26 Å². The maximum absolute atomic E-state index is 12.7. The maximum atomic E-state index is 12.7. The number of urea groups is 1. The fraction of sp³-hybridized carbons (Fsp3) is 0.611. The molecule has 1 saturated carbocycles. The molecular weight excluding hydrogens is 322 g/mol. The minimum Gasteiger partial charge on any atom is -0.466 e. The molecule has 4 amide bonds. The zero-order valence-corrected chi connectivity index (χ0v) is 14.5. The highest BCUT2D eigenvalue weighted by atomic mass is 16.3. The standard InChI is InChI=1S/C18H25N3O4/c1-18(14-10-7-11-25-14)16(23)21(17(24)20-18)12-15(22)19-13-8-5-3-2-4-6-9-13/h7,10-11,13H,2-6,8-9,12H2,1H3,(H,19,22)(H,20,24)/t18-/m0/s1. The van der Waals surface area contributed by atoms with E-state index in [1.807, 2.05) is 0 Å². The predicted octanol–water partition coefficient (Wildman–Crippen LogP) is 2.28. The second-order valence-electron chi connectivity index (χ2n) is 7.03. The molecule has 1 saturated heterocycles. The molecule has 1 aliphatic heterocycles. The maximum Gasteiger partial charge on any atom is 0.325 e. The first-order chi connectivity index (χ1) is 12.0. The molecule has 25 heavy (non-hydrogen) atoms. The normalized spacial score (nSPS) is 25.4. The van der Waals surface area contributed by atoms with Crippen molar-refractivity contribution in [3.63, 3.8) is 0 Å². The van der Waals surface area contributed by atoms with E-state index < -0.39 is 17.5 Å². The summed E-state index contributed by atoms with van der Waals surface area (Å²) >= 11 is 0. The number of nitrogens with one attached hydrogen (secondary N) is 2. The minimum absolute atomic E-state index is 0.130. The number of rotatable bonds is 4. The lowest BCUT2D eigenvalue weighted by Crippen LogP contribution is -2.45. The van der Waals surface area contributed by atoms with Crippen LogP contribution in [0.3, 0.4) is 0 Å². The van der Waals surface area contributed by atoms with Gasteiger partial charge in [-0.1, -0.05) is 32.1 Å². The molecule has 0 unspecified atom stereocenters. The van der Waals surface area contributed by atoms with E-state index in [-0.39, 0.29) is 18.5 Å². The van der Waals surface area contributed by atoms with Gasteiger partial charge < -0.3 is 15.1 Å². The van der Waals surface area contributed by atoms with E-state index in [0.717, 1.165) is 30.6 Å². The van der Waals surface area contributed by atoms with Gasteiger partial charge in [0.2, 0.25) is 5.91 Å². The zero-order valence-electron chi connectivity index (χ0n) is 14.5. The Labute approximate surface area is 147 Å². The Bertz CT molecular complexity index is 635. The smallest absolute Gasteiger partial charge is 0.325 e. The summed E-state index contributed by atoms with van der Waals surface area (Å²) in [5.74, 6) is -0.410. The van der Waals surface area contributed by atoms with Crippen molar-refractivity contribution in [1.29, 1.82) is 0 Å². The molecule has 1 aromatic rings. The van der Waals surface area contributed by atoms with E-state index in [9.17, 15) is 14.4 Å². The molecule has 1 aliphatic carbocycles. The average molecular weight is 347 g/mol. The third kappa shape index (κ3) is 3.70. The largest absolute Gasteiger partial charge is 0.466 e. The molecule has 2 fully saturated rings. The second-order valence-corrected chi connectivity index (χ2v) is 7.03. The van der Waals surface area contributed by atoms with Gasteiger partial charge in [0, 0.05) is 6.04 Å². The summed E-state index contributed by atoms with van der Waals surface area (Å²) in [7, 11) is 0. The van der Waals surface area contributed by atoms with Gasteiger partial charge in [-0.2, -0.15) is 0 Å². The molecule has 2 heterocycles. The van der Waals surface area contributed by atoms with E-state index in [1.165, 1.54) is 25.5 Å². The van der Waals surface area contributed by atoms with Crippen molar-refractivity contribution < 1.29 is 18.8 Å². The van der Waals surface area contributed by atoms with Crippen LogP contribution in [0.2, 0.25) is 0 Å². The van der Waals surface area contributed by atoms with E-state index >= 15 is 0 Å². The number of nitrogens with zero attached hydrogens (tertiary/aromatic N) is 1. The van der Waals surface area contributed by atoms with Gasteiger partial charge in [-0.3, -0.25) is 14.5 Å². The summed E-state index contributed by atoms with van der Waals surface area (Å²) in [5, 5.41) is 5.60. The Balaban J connectivity index is 1.61. The Morgan fingerprint density at radius 3 is 2.60 bits per heavy atom. The highest BCUT2D eigenvalue weighted by Crippen LogP contribution is 2.28. The lowest BCUT2D eigenvalue weighted by atomic mass is 9.96. The van der Waals surface area contributed by atoms with Crippen molar-refractivity contribution in [3.05, 3.63) is 24.2 Å². The molecular formula is C18H25N3O4. The van der Waals surface area contributed by atoms with Crippen LogP contribution in [-0.2, 0) is 15.1 Å². The summed E-state index contributed by atoms with van der Waals surface area (Å²) in [5.41, 5.74) is -1.26. The van der Waals surface area contributed by atoms with Crippen molar-refractivity contribution in [2.24, 2.45) is 0 Å². The second kappa shape index (κ2) is 7.29. The summed E-state index contributed by atoms with van der Waals surface area (Å²) in [6, 6.07) is 2.85. The summed E-state index contributed by atoms with van der Waals surface area (Å²) in [6.45, 7) is 1.32. The van der Waals surface area contributed by atoms with Crippen LogP contribution in [-0.4, -0.2) is 35.3 Å². The lowest BCUT2D eigenvalue weighted by molar-refractivity contribution is -0.135. The fourth-order valence-electron chi connectivity index (χ4n) is 3.59. The Morgan fingerprint density at radius 1 is 1.28 bits per heavy atom. The number of furan rings is 1. The first-order valence-electron chi connectivity index (χ1n) is 8.98. The number of imide groups is 1. The zero-order chi connectivity index (χ0) is 17.9. The average Bonchev–Trinajstić information content (AvgIpc) is 3.15. The SMILES string of the molecule is C[C@@]1(c2ccco2)NC(=O)N(CC(=O)NC2CCCCCCC2)C1=O. The summed E-state index contributed by atoms with van der Waals surface area (Å²) in [6.07, 6.45) is 9.21. The third-order valence-electron chi connectivity index (χ3n) is 5.06. The highest BCUT2D eigenvalue weighted by Gasteiger charge is 2.51. The van der Waals surface area contributed by atoms with Crippen LogP contribution in [0.4, 0.5) is 4.79 Å². The molecule has 1 atom stereocenters. The van der Waals surface area contributed by atoms with Gasteiger partial charge in [-0.15, -0.1) is 0 Å². The topological polar surface area (TPSA) is 91.7 Å². The van der Waals surface area contributed by atoms with E-state index in [2.05, 4.69) is 10.6 Å². The van der Waals surface area contributed by atoms with Crippen LogP contribution < -0.4 is 10.6 Å². The highest BCUT2D eigenvalue weighted by molar-refractivity contribution is 6.08. The number of amides is 4. The van der Waals surface area contributed by atoms with Gasteiger partial charge in [-0.05, 0) is 31.9 Å². The van der Waals surface area contributed by atoms with Crippen LogP contribution in [0.15, 0.2) is 22.8 Å². The molecule has 136 valence electrons. The van der Waals surface area contributed by atoms with Crippen LogP contribution in [0.5, 0.6) is 0 Å². The quantitative estimate of drug-likeness (QED) is 0.818. The Morgan fingerprint density at radius 2 is 1.96 bits per heavy atom. The Kier molecular flexibility index (Phi) is 5.11. The minimum atomic E-state index is -1.26. The van der Waals surface area contributed by atoms with Crippen molar-refractivity contribution in [3.8, 4) is 0 Å². The molecule has 7 nitrogen and oxygen atoms in total. The molecule has 3 rings (SSSR count). The molecule has 7 heteroatoms. The number of hydrogen-bond donors (Lipinski definition) is 2. The first kappa shape index (κ1) is 17.5. The van der Waals surface area contributed by atoms with Gasteiger partial charge in [0.25, 0.3) is 5.91 Å². The predicted molar refractivity (Wildman–Crippen MR) is 90.6 cm³/mol. The molecule has 0 spiro atoms. The van der Waals surface area contributed by atoms with Crippen molar-refractivity contribution >= 4 is 17.8 Å². The summed E-state index contributed by atoms with van der Waals surface area (Å²) in [4.78, 5) is 38.2. The fourth-order valence-corrected chi connectivity index (χ4v) is 3.59. The number of carbonyl (C=O) groups is 3. The third-order valence-corrected chi connectivity index (χ3v) is 5.06. The van der Waals surface area contributed by atoms with Gasteiger partial charge >= 0.3 is 6.03 Å². The molecule has 1 aromatic heterocycles. The molecule has 2 aliphatic rings. The molecule has 0 bridgehead atoms. The van der Waals surface area contributed by atoms with Gasteiger partial charge in [0.1, 0.15) is 12.3 Å². The Hall–Kier alpha value is -2.31. The van der Waals surface area contributed by atoms with E-state index in [1.54, 1.807) is 19.1 Å². The number of carbonyl (C=O) groups excluding carboxylic acids is 3. The number of hydrogen-bond acceptors (Lipinski definition) is 4. The molecule has 0 aromatic carbocycles. The van der Waals surface area contributed by atoms with Crippen LogP contribution >= 0.6 is 0 Å². The van der Waals surface area contributed by atoms with E-state index in [0.29, 0.717) is 5.76 Å².